The lowest BCUT2D eigenvalue weighted by Crippen LogP contribution is -2.15. The molecule has 0 aliphatic carbocycles. The molecule has 0 radical (unpaired) electrons. The zero-order valence-corrected chi connectivity index (χ0v) is 10.5. The standard InChI is InChI=1S/C13H8F6O2/c1-2-21-11(20)7-6-8-9(12(14,15)16)4-3-5-10(8)13(17,18)19/h3-5H,2H2,1H3. The lowest BCUT2D eigenvalue weighted by Gasteiger charge is -2.14. The summed E-state index contributed by atoms with van der Waals surface area (Å²) in [7, 11) is 0. The Bertz CT molecular complexity index is 557. The average molecular weight is 310 g/mol. The second-order valence-corrected chi connectivity index (χ2v) is 3.69. The molecule has 1 rings (SSSR count). The number of ether oxygens (including phenoxy) is 1. The van der Waals surface area contributed by atoms with E-state index in [1.165, 1.54) is 6.92 Å². The van der Waals surface area contributed by atoms with E-state index in [0.29, 0.717) is 18.2 Å². The predicted molar refractivity (Wildman–Crippen MR) is 60.0 cm³/mol. The van der Waals surface area contributed by atoms with Gasteiger partial charge in [-0.1, -0.05) is 12.0 Å². The van der Waals surface area contributed by atoms with Crippen LogP contribution in [0.1, 0.15) is 23.6 Å². The van der Waals surface area contributed by atoms with E-state index in [9.17, 15) is 31.1 Å². The molecule has 21 heavy (non-hydrogen) atoms. The van der Waals surface area contributed by atoms with Crippen LogP contribution in [0.25, 0.3) is 0 Å². The second kappa shape index (κ2) is 6.08. The van der Waals surface area contributed by atoms with Gasteiger partial charge < -0.3 is 4.74 Å². The van der Waals surface area contributed by atoms with Gasteiger partial charge >= 0.3 is 18.3 Å². The van der Waals surface area contributed by atoms with E-state index < -0.39 is 35.0 Å². The van der Waals surface area contributed by atoms with Crippen molar-refractivity contribution < 1.29 is 35.9 Å². The maximum atomic E-state index is 12.7. The highest BCUT2D eigenvalue weighted by Crippen LogP contribution is 2.38. The molecule has 0 amide bonds. The number of carbonyl (C=O) groups is 1. The van der Waals surface area contributed by atoms with E-state index in [0.717, 1.165) is 0 Å². The van der Waals surface area contributed by atoms with Crippen LogP contribution in [0.4, 0.5) is 26.3 Å². The van der Waals surface area contributed by atoms with Crippen LogP contribution in [0, 0.1) is 11.8 Å². The quantitative estimate of drug-likeness (QED) is 0.450. The van der Waals surface area contributed by atoms with Crippen molar-refractivity contribution >= 4 is 5.97 Å². The molecule has 114 valence electrons. The molecule has 0 N–H and O–H groups in total. The van der Waals surface area contributed by atoms with Crippen LogP contribution >= 0.6 is 0 Å². The van der Waals surface area contributed by atoms with E-state index in [4.69, 9.17) is 0 Å². The number of hydrogen-bond acceptors (Lipinski definition) is 2. The van der Waals surface area contributed by atoms with Crippen molar-refractivity contribution in [2.75, 3.05) is 6.61 Å². The molecule has 0 atom stereocenters. The number of halogens is 6. The van der Waals surface area contributed by atoms with Crippen LogP contribution < -0.4 is 0 Å². The summed E-state index contributed by atoms with van der Waals surface area (Å²) in [4.78, 5) is 11.0. The molecule has 0 fully saturated rings. The Morgan fingerprint density at radius 1 is 1.10 bits per heavy atom. The highest BCUT2D eigenvalue weighted by Gasteiger charge is 2.40. The molecule has 0 spiro atoms. The van der Waals surface area contributed by atoms with Gasteiger partial charge in [0.2, 0.25) is 0 Å². The lowest BCUT2D eigenvalue weighted by atomic mass is 10.0. The van der Waals surface area contributed by atoms with Crippen molar-refractivity contribution in [3.63, 3.8) is 0 Å². The van der Waals surface area contributed by atoms with Gasteiger partial charge in [0, 0.05) is 11.5 Å². The molecule has 1 aromatic carbocycles. The van der Waals surface area contributed by atoms with Crippen molar-refractivity contribution in [1.29, 1.82) is 0 Å². The zero-order valence-electron chi connectivity index (χ0n) is 10.5. The second-order valence-electron chi connectivity index (χ2n) is 3.69. The number of rotatable bonds is 1. The minimum Gasteiger partial charge on any atom is -0.456 e. The summed E-state index contributed by atoms with van der Waals surface area (Å²) in [6, 6.07) is 1.55. The molecule has 2 nitrogen and oxygen atoms in total. The van der Waals surface area contributed by atoms with Gasteiger partial charge in [0.25, 0.3) is 0 Å². The summed E-state index contributed by atoms with van der Waals surface area (Å²) in [5.74, 6) is 2.02. The molecule has 0 unspecified atom stereocenters. The van der Waals surface area contributed by atoms with E-state index >= 15 is 0 Å². The number of alkyl halides is 6. The van der Waals surface area contributed by atoms with Crippen LogP contribution in [-0.2, 0) is 21.9 Å². The number of benzene rings is 1. The largest absolute Gasteiger partial charge is 0.456 e. The fourth-order valence-electron chi connectivity index (χ4n) is 1.44. The molecule has 0 aliphatic heterocycles. The lowest BCUT2D eigenvalue weighted by molar-refractivity contribution is -0.143. The van der Waals surface area contributed by atoms with Gasteiger partial charge in [0.1, 0.15) is 0 Å². The summed E-state index contributed by atoms with van der Waals surface area (Å²) < 4.78 is 80.8. The summed E-state index contributed by atoms with van der Waals surface area (Å²) in [6.45, 7) is 1.32. The highest BCUT2D eigenvalue weighted by atomic mass is 19.4. The van der Waals surface area contributed by atoms with Crippen molar-refractivity contribution in [2.24, 2.45) is 0 Å². The molecule has 0 aliphatic rings. The Morgan fingerprint density at radius 2 is 1.57 bits per heavy atom. The number of hydrogen-bond donors (Lipinski definition) is 0. The highest BCUT2D eigenvalue weighted by molar-refractivity contribution is 5.89. The predicted octanol–water partition coefficient (Wildman–Crippen LogP) is 3.64. The molecular weight excluding hydrogens is 302 g/mol. The van der Waals surface area contributed by atoms with E-state index in [2.05, 4.69) is 4.74 Å². The van der Waals surface area contributed by atoms with Crippen LogP contribution in [0.3, 0.4) is 0 Å². The monoisotopic (exact) mass is 310 g/mol. The Kier molecular flexibility index (Phi) is 4.88. The van der Waals surface area contributed by atoms with Gasteiger partial charge in [-0.3, -0.25) is 0 Å². The molecule has 0 saturated heterocycles. The summed E-state index contributed by atoms with van der Waals surface area (Å²) >= 11 is 0. The van der Waals surface area contributed by atoms with Gasteiger partial charge in [-0.2, -0.15) is 26.3 Å². The Morgan fingerprint density at radius 3 is 1.95 bits per heavy atom. The fourth-order valence-corrected chi connectivity index (χ4v) is 1.44. The third-order valence-electron chi connectivity index (χ3n) is 2.24. The summed E-state index contributed by atoms with van der Waals surface area (Å²) in [5, 5.41) is 0. The smallest absolute Gasteiger partial charge is 0.417 e. The first-order valence-corrected chi connectivity index (χ1v) is 5.53. The van der Waals surface area contributed by atoms with Crippen molar-refractivity contribution in [2.45, 2.75) is 19.3 Å². The van der Waals surface area contributed by atoms with Crippen molar-refractivity contribution in [3.05, 3.63) is 34.9 Å². The normalized spacial score (nSPS) is 11.6. The average Bonchev–Trinajstić information content (AvgIpc) is 2.34. The summed E-state index contributed by atoms with van der Waals surface area (Å²) in [5.41, 5.74) is -4.42. The Hall–Kier alpha value is -2.17. The zero-order chi connectivity index (χ0) is 16.3. The van der Waals surface area contributed by atoms with Crippen molar-refractivity contribution in [3.8, 4) is 11.8 Å². The first-order chi connectivity index (χ1) is 9.57. The van der Waals surface area contributed by atoms with Crippen LogP contribution in [0.5, 0.6) is 0 Å². The first-order valence-electron chi connectivity index (χ1n) is 5.53. The molecule has 8 heteroatoms. The molecule has 0 saturated carbocycles. The van der Waals surface area contributed by atoms with Crippen LogP contribution in [-0.4, -0.2) is 12.6 Å². The van der Waals surface area contributed by atoms with Crippen LogP contribution in [0.2, 0.25) is 0 Å². The van der Waals surface area contributed by atoms with Gasteiger partial charge in [-0.05, 0) is 19.1 Å². The third-order valence-corrected chi connectivity index (χ3v) is 2.24. The van der Waals surface area contributed by atoms with E-state index in [-0.39, 0.29) is 6.61 Å². The Labute approximate surface area is 115 Å². The van der Waals surface area contributed by atoms with Crippen LogP contribution in [0.15, 0.2) is 18.2 Å². The maximum absolute atomic E-state index is 12.7. The third kappa shape index (κ3) is 4.41. The minimum atomic E-state index is -5.03. The molecule has 0 bridgehead atoms. The molecule has 1 aromatic rings. The number of carbonyl (C=O) groups excluding carboxylic acids is 1. The first kappa shape index (κ1) is 16.9. The number of esters is 1. The van der Waals surface area contributed by atoms with Gasteiger partial charge in [0.15, 0.2) is 0 Å². The molecular formula is C13H8F6O2. The van der Waals surface area contributed by atoms with E-state index in [1.807, 2.05) is 0 Å². The van der Waals surface area contributed by atoms with Gasteiger partial charge in [0.05, 0.1) is 17.7 Å². The minimum absolute atomic E-state index is 0.0967. The molecule has 0 heterocycles. The van der Waals surface area contributed by atoms with Gasteiger partial charge in [-0.15, -0.1) is 0 Å². The van der Waals surface area contributed by atoms with Gasteiger partial charge in [-0.25, -0.2) is 4.79 Å². The molecule has 0 aromatic heterocycles. The maximum Gasteiger partial charge on any atom is 0.417 e. The Balaban J connectivity index is 3.47. The SMILES string of the molecule is CCOC(=O)C#Cc1c(C(F)(F)F)cccc1C(F)(F)F. The van der Waals surface area contributed by atoms with E-state index in [1.54, 1.807) is 11.8 Å². The fraction of sp³-hybridized carbons (Fsp3) is 0.308. The summed E-state index contributed by atoms with van der Waals surface area (Å²) in [6.07, 6.45) is -10.1. The topological polar surface area (TPSA) is 26.3 Å². The van der Waals surface area contributed by atoms with Crippen molar-refractivity contribution in [1.82, 2.24) is 0 Å².